The SMILES string of the molecule is CC(NC(=O)C(C)(C)Oc1cc(C(F)(F)F)ncn1)C(Cc1ccc(Cl)cc1)c1cncc(Br)c1. The van der Waals surface area contributed by atoms with E-state index in [-0.39, 0.29) is 17.8 Å². The third-order valence-electron chi connectivity index (χ3n) is 5.32. The monoisotopic (exact) mass is 570 g/mol. The van der Waals surface area contributed by atoms with Gasteiger partial charge in [0.05, 0.1) is 0 Å². The van der Waals surface area contributed by atoms with Crippen molar-refractivity contribution in [1.82, 2.24) is 20.3 Å². The van der Waals surface area contributed by atoms with E-state index in [2.05, 4.69) is 36.2 Å². The van der Waals surface area contributed by atoms with E-state index in [1.807, 2.05) is 25.1 Å². The molecular weight excluding hydrogens is 549 g/mol. The van der Waals surface area contributed by atoms with Crippen LogP contribution in [0.3, 0.4) is 0 Å². The van der Waals surface area contributed by atoms with E-state index in [1.165, 1.54) is 13.8 Å². The van der Waals surface area contributed by atoms with Crippen LogP contribution in [0.1, 0.15) is 43.5 Å². The first-order valence-electron chi connectivity index (χ1n) is 10.6. The number of ether oxygens (including phenoxy) is 1. The highest BCUT2D eigenvalue weighted by molar-refractivity contribution is 9.10. The van der Waals surface area contributed by atoms with Crippen molar-refractivity contribution in [1.29, 1.82) is 0 Å². The Morgan fingerprint density at radius 1 is 1.14 bits per heavy atom. The summed E-state index contributed by atoms with van der Waals surface area (Å²) in [6, 6.07) is 9.62. The molecule has 6 nitrogen and oxygen atoms in total. The van der Waals surface area contributed by atoms with Gasteiger partial charge in [-0.1, -0.05) is 23.7 Å². The van der Waals surface area contributed by atoms with E-state index in [1.54, 1.807) is 24.5 Å². The largest absolute Gasteiger partial charge is 0.461 e. The Bertz CT molecular complexity index is 1180. The van der Waals surface area contributed by atoms with E-state index < -0.39 is 23.4 Å². The molecule has 3 aromatic rings. The number of hydrogen-bond donors (Lipinski definition) is 1. The Morgan fingerprint density at radius 2 is 1.83 bits per heavy atom. The smallest absolute Gasteiger partial charge is 0.433 e. The molecule has 0 saturated heterocycles. The highest BCUT2D eigenvalue weighted by atomic mass is 79.9. The van der Waals surface area contributed by atoms with Crippen LogP contribution < -0.4 is 10.1 Å². The summed E-state index contributed by atoms with van der Waals surface area (Å²) in [5.74, 6) is -1.04. The van der Waals surface area contributed by atoms with Gasteiger partial charge in [0, 0.05) is 39.9 Å². The van der Waals surface area contributed by atoms with Crippen LogP contribution in [0.4, 0.5) is 13.2 Å². The van der Waals surface area contributed by atoms with Crippen LogP contribution in [0.25, 0.3) is 0 Å². The minimum Gasteiger partial charge on any atom is -0.461 e. The van der Waals surface area contributed by atoms with Crippen LogP contribution in [0.5, 0.6) is 5.88 Å². The van der Waals surface area contributed by atoms with Crippen molar-refractivity contribution in [3.8, 4) is 5.88 Å². The highest BCUT2D eigenvalue weighted by Crippen LogP contribution is 2.30. The second-order valence-electron chi connectivity index (χ2n) is 8.49. The average molecular weight is 572 g/mol. The summed E-state index contributed by atoms with van der Waals surface area (Å²) in [6.45, 7) is 4.76. The molecule has 1 aromatic carbocycles. The molecule has 11 heteroatoms. The molecule has 0 aliphatic carbocycles. The van der Waals surface area contributed by atoms with Gasteiger partial charge < -0.3 is 10.1 Å². The number of carbonyl (C=O) groups is 1. The van der Waals surface area contributed by atoms with Gasteiger partial charge in [-0.25, -0.2) is 9.97 Å². The summed E-state index contributed by atoms with van der Waals surface area (Å²) >= 11 is 9.44. The zero-order chi connectivity index (χ0) is 25.8. The number of alkyl halides is 3. The number of hydrogen-bond acceptors (Lipinski definition) is 5. The quantitative estimate of drug-likeness (QED) is 0.359. The summed E-state index contributed by atoms with van der Waals surface area (Å²) in [7, 11) is 0. The number of benzene rings is 1. The zero-order valence-corrected chi connectivity index (χ0v) is 21.4. The van der Waals surface area contributed by atoms with Gasteiger partial charge in [0.1, 0.15) is 6.33 Å². The van der Waals surface area contributed by atoms with Gasteiger partial charge in [0.15, 0.2) is 11.3 Å². The fourth-order valence-corrected chi connectivity index (χ4v) is 3.94. The predicted molar refractivity (Wildman–Crippen MR) is 129 cm³/mol. The molecule has 0 bridgehead atoms. The van der Waals surface area contributed by atoms with Crippen molar-refractivity contribution in [2.24, 2.45) is 0 Å². The summed E-state index contributed by atoms with van der Waals surface area (Å²) in [5, 5.41) is 3.55. The maximum atomic E-state index is 13.1. The Hall–Kier alpha value is -2.72. The minimum absolute atomic E-state index is 0.170. The lowest BCUT2D eigenvalue weighted by atomic mass is 9.87. The van der Waals surface area contributed by atoms with E-state index in [0.29, 0.717) is 17.5 Å². The van der Waals surface area contributed by atoms with E-state index >= 15 is 0 Å². The molecule has 0 saturated carbocycles. The predicted octanol–water partition coefficient (Wildman–Crippen LogP) is 5.99. The molecule has 1 N–H and O–H groups in total. The fraction of sp³-hybridized carbons (Fsp3) is 0.333. The second kappa shape index (κ2) is 10.9. The number of amides is 1. The lowest BCUT2D eigenvalue weighted by molar-refractivity contribution is -0.141. The molecule has 0 aliphatic rings. The van der Waals surface area contributed by atoms with E-state index in [4.69, 9.17) is 16.3 Å². The first kappa shape index (κ1) is 26.9. The lowest BCUT2D eigenvalue weighted by Crippen LogP contribution is -2.51. The van der Waals surface area contributed by atoms with Crippen molar-refractivity contribution in [3.63, 3.8) is 0 Å². The number of nitrogens with zero attached hydrogens (tertiary/aromatic N) is 3. The summed E-state index contributed by atoms with van der Waals surface area (Å²) in [6.07, 6.45) is 0.0695. The summed E-state index contributed by atoms with van der Waals surface area (Å²) in [5.41, 5.74) is -0.758. The number of halogens is 5. The molecule has 2 aromatic heterocycles. The maximum absolute atomic E-state index is 13.1. The number of nitrogens with one attached hydrogen (secondary N) is 1. The molecule has 0 aliphatic heterocycles. The lowest BCUT2D eigenvalue weighted by Gasteiger charge is -2.30. The van der Waals surface area contributed by atoms with E-state index in [0.717, 1.165) is 21.9 Å². The third-order valence-corrected chi connectivity index (χ3v) is 6.01. The van der Waals surface area contributed by atoms with Crippen molar-refractivity contribution in [2.75, 3.05) is 0 Å². The first-order chi connectivity index (χ1) is 16.3. The summed E-state index contributed by atoms with van der Waals surface area (Å²) < 4.78 is 45.2. The standard InChI is InChI=1S/C24H23BrClF3N4O2/c1-14(19(16-9-17(25)12-30-11-16)8-15-4-6-18(26)7-5-15)33-22(34)23(2,3)35-21-10-20(24(27,28)29)31-13-32-21/h4-7,9-14,19H,8H2,1-3H3,(H,33,34). The van der Waals surface area contributed by atoms with E-state index in [9.17, 15) is 18.0 Å². The second-order valence-corrected chi connectivity index (χ2v) is 9.84. The van der Waals surface area contributed by atoms with Crippen molar-refractivity contribution >= 4 is 33.4 Å². The average Bonchev–Trinajstić information content (AvgIpc) is 2.78. The van der Waals surface area contributed by atoms with Crippen LogP contribution in [0, 0.1) is 0 Å². The Balaban J connectivity index is 1.79. The van der Waals surface area contributed by atoms with Gasteiger partial charge in [0.25, 0.3) is 5.91 Å². The van der Waals surface area contributed by atoms with Crippen LogP contribution in [0.2, 0.25) is 5.02 Å². The maximum Gasteiger partial charge on any atom is 0.433 e. The molecule has 0 fully saturated rings. The minimum atomic E-state index is -4.66. The zero-order valence-electron chi connectivity index (χ0n) is 19.1. The molecule has 3 rings (SSSR count). The number of aromatic nitrogens is 3. The molecule has 1 amide bonds. The number of carbonyl (C=O) groups excluding carboxylic acids is 1. The van der Waals surface area contributed by atoms with Gasteiger partial charge >= 0.3 is 6.18 Å². The van der Waals surface area contributed by atoms with Crippen molar-refractivity contribution in [2.45, 2.75) is 50.9 Å². The van der Waals surface area contributed by atoms with Gasteiger partial charge in [-0.3, -0.25) is 9.78 Å². The Kier molecular flexibility index (Phi) is 8.38. The fourth-order valence-electron chi connectivity index (χ4n) is 3.43. The first-order valence-corrected chi connectivity index (χ1v) is 11.8. The van der Waals surface area contributed by atoms with Gasteiger partial charge in [0.2, 0.25) is 5.88 Å². The van der Waals surface area contributed by atoms with Gasteiger partial charge in [-0.05, 0) is 72.4 Å². The molecule has 0 spiro atoms. The third kappa shape index (κ3) is 7.38. The molecular formula is C24H23BrClF3N4O2. The van der Waals surface area contributed by atoms with Gasteiger partial charge in [-0.15, -0.1) is 0 Å². The van der Waals surface area contributed by atoms with Gasteiger partial charge in [-0.2, -0.15) is 13.2 Å². The molecule has 186 valence electrons. The highest BCUT2D eigenvalue weighted by Gasteiger charge is 2.36. The van der Waals surface area contributed by atoms with Crippen LogP contribution in [-0.2, 0) is 17.4 Å². The normalized spacial score (nSPS) is 13.7. The van der Waals surface area contributed by atoms with Crippen LogP contribution in [0.15, 0.2) is 59.6 Å². The topological polar surface area (TPSA) is 77.0 Å². The molecule has 2 heterocycles. The number of pyridine rings is 1. The van der Waals surface area contributed by atoms with Crippen LogP contribution >= 0.6 is 27.5 Å². The summed E-state index contributed by atoms with van der Waals surface area (Å²) in [4.78, 5) is 24.3. The van der Waals surface area contributed by atoms with Crippen molar-refractivity contribution < 1.29 is 22.7 Å². The Labute approximate surface area is 214 Å². The number of rotatable bonds is 8. The molecule has 0 radical (unpaired) electrons. The molecule has 35 heavy (non-hydrogen) atoms. The van der Waals surface area contributed by atoms with Crippen LogP contribution in [-0.4, -0.2) is 32.5 Å². The Morgan fingerprint density at radius 3 is 2.46 bits per heavy atom. The molecule has 2 unspecified atom stereocenters. The molecule has 2 atom stereocenters. The van der Waals surface area contributed by atoms with Crippen molar-refractivity contribution in [3.05, 3.63) is 81.4 Å².